The van der Waals surface area contributed by atoms with E-state index in [1.54, 1.807) is 0 Å². The molecular weight excluding hydrogens is 144 g/mol. The molecule has 0 spiro atoms. The van der Waals surface area contributed by atoms with Crippen LogP contribution in [0, 0.1) is 29.6 Å². The summed E-state index contributed by atoms with van der Waals surface area (Å²) < 4.78 is 0. The average Bonchev–Trinajstić information content (AvgIpc) is 2.69. The number of rotatable bonds is 1. The van der Waals surface area contributed by atoms with Crippen molar-refractivity contribution >= 4 is 0 Å². The van der Waals surface area contributed by atoms with E-state index in [1.807, 2.05) is 0 Å². The lowest BCUT2D eigenvalue weighted by atomic mass is 10.0. The van der Waals surface area contributed by atoms with Gasteiger partial charge in [0.1, 0.15) is 0 Å². The third kappa shape index (κ3) is 1.24. The molecule has 66 valence electrons. The zero-order valence-electron chi connectivity index (χ0n) is 8.20. The topological polar surface area (TPSA) is 0 Å². The van der Waals surface area contributed by atoms with Crippen molar-refractivity contribution in [2.75, 3.05) is 0 Å². The fraction of sp³-hybridized carbons (Fsp3) is 0.667. The highest BCUT2D eigenvalue weighted by atomic mass is 14.5. The summed E-state index contributed by atoms with van der Waals surface area (Å²) >= 11 is 0. The molecule has 0 amide bonds. The molecule has 4 atom stereocenters. The first-order valence-electron chi connectivity index (χ1n) is 5.07. The molecule has 2 rings (SSSR count). The van der Waals surface area contributed by atoms with Crippen molar-refractivity contribution in [3.63, 3.8) is 0 Å². The van der Waals surface area contributed by atoms with E-state index in [0.29, 0.717) is 5.92 Å². The molecule has 2 aliphatic rings. The van der Waals surface area contributed by atoms with Gasteiger partial charge >= 0.3 is 0 Å². The third-order valence-corrected chi connectivity index (χ3v) is 3.24. The Balaban J connectivity index is 2.08. The zero-order chi connectivity index (χ0) is 8.72. The first-order chi connectivity index (χ1) is 5.70. The third-order valence-electron chi connectivity index (χ3n) is 3.24. The van der Waals surface area contributed by atoms with Gasteiger partial charge in [0.05, 0.1) is 0 Å². The number of hydrogen-bond acceptors (Lipinski definition) is 0. The highest BCUT2D eigenvalue weighted by molar-refractivity contribution is 5.21. The highest BCUT2D eigenvalue weighted by Crippen LogP contribution is 2.53. The summed E-state index contributed by atoms with van der Waals surface area (Å²) in [5.74, 6) is 4.18. The Hall–Kier alpha value is -0.520. The first kappa shape index (κ1) is 8.10. The second-order valence-electron chi connectivity index (χ2n) is 4.60. The SMILES string of the molecule is CC1C=C[C@@H]2C(C(C)C)[C@@H]2C=C1. The van der Waals surface area contributed by atoms with Crippen LogP contribution in [0.3, 0.4) is 0 Å². The van der Waals surface area contributed by atoms with Crippen molar-refractivity contribution in [1.29, 1.82) is 0 Å². The molecule has 0 aromatic heterocycles. The van der Waals surface area contributed by atoms with Gasteiger partial charge in [0.25, 0.3) is 0 Å². The van der Waals surface area contributed by atoms with E-state index in [4.69, 9.17) is 0 Å². The minimum Gasteiger partial charge on any atom is -0.0839 e. The molecule has 0 heteroatoms. The maximum absolute atomic E-state index is 2.43. The molecule has 1 fully saturated rings. The van der Waals surface area contributed by atoms with Crippen LogP contribution in [-0.2, 0) is 0 Å². The molecule has 0 radical (unpaired) electrons. The Kier molecular flexibility index (Phi) is 1.86. The molecule has 12 heavy (non-hydrogen) atoms. The molecule has 0 N–H and O–H groups in total. The van der Waals surface area contributed by atoms with Gasteiger partial charge in [-0.1, -0.05) is 45.1 Å². The number of fused-ring (bicyclic) bond motifs is 1. The smallest absolute Gasteiger partial charge is 0.00817 e. The molecule has 2 aliphatic carbocycles. The van der Waals surface area contributed by atoms with Crippen LogP contribution in [0.1, 0.15) is 20.8 Å². The fourth-order valence-corrected chi connectivity index (χ4v) is 2.46. The summed E-state index contributed by atoms with van der Waals surface area (Å²) in [7, 11) is 0. The van der Waals surface area contributed by atoms with Crippen LogP contribution in [0.25, 0.3) is 0 Å². The maximum atomic E-state index is 2.43. The number of hydrogen-bond donors (Lipinski definition) is 0. The van der Waals surface area contributed by atoms with Gasteiger partial charge in [0.15, 0.2) is 0 Å². The molecule has 0 aromatic rings. The lowest BCUT2D eigenvalue weighted by Gasteiger charge is -2.02. The number of allylic oxidation sites excluding steroid dienone is 4. The van der Waals surface area contributed by atoms with Gasteiger partial charge in [-0.2, -0.15) is 0 Å². The van der Waals surface area contributed by atoms with Gasteiger partial charge in [-0.05, 0) is 29.6 Å². The summed E-state index contributed by atoms with van der Waals surface area (Å²) in [4.78, 5) is 0. The molecule has 0 saturated heterocycles. The Morgan fingerprint density at radius 3 is 1.83 bits per heavy atom. The van der Waals surface area contributed by atoms with Crippen LogP contribution in [0.2, 0.25) is 0 Å². The van der Waals surface area contributed by atoms with Gasteiger partial charge < -0.3 is 0 Å². The lowest BCUT2D eigenvalue weighted by molar-refractivity contribution is 0.527. The van der Waals surface area contributed by atoms with E-state index in [-0.39, 0.29) is 0 Å². The normalized spacial score (nSPS) is 44.3. The monoisotopic (exact) mass is 162 g/mol. The highest BCUT2D eigenvalue weighted by Gasteiger charge is 2.48. The van der Waals surface area contributed by atoms with E-state index < -0.39 is 0 Å². The Labute approximate surface area is 75.4 Å². The molecule has 1 saturated carbocycles. The summed E-state index contributed by atoms with van der Waals surface area (Å²) in [5.41, 5.74) is 0. The van der Waals surface area contributed by atoms with Crippen molar-refractivity contribution in [2.24, 2.45) is 29.6 Å². The van der Waals surface area contributed by atoms with Gasteiger partial charge in [0.2, 0.25) is 0 Å². The minimum absolute atomic E-state index is 0.658. The van der Waals surface area contributed by atoms with E-state index in [9.17, 15) is 0 Å². The summed E-state index contributed by atoms with van der Waals surface area (Å²) in [5, 5.41) is 0. The van der Waals surface area contributed by atoms with Crippen LogP contribution in [-0.4, -0.2) is 0 Å². The molecule has 0 heterocycles. The zero-order valence-corrected chi connectivity index (χ0v) is 8.20. The Morgan fingerprint density at radius 1 is 0.917 bits per heavy atom. The molecule has 0 aromatic carbocycles. The Bertz CT molecular complexity index is 202. The molecule has 2 unspecified atom stereocenters. The molecule has 0 bridgehead atoms. The summed E-state index contributed by atoms with van der Waals surface area (Å²) in [6.07, 6.45) is 9.56. The van der Waals surface area contributed by atoms with Crippen LogP contribution < -0.4 is 0 Å². The molecule has 0 nitrogen and oxygen atoms in total. The summed E-state index contributed by atoms with van der Waals surface area (Å²) in [6, 6.07) is 0. The predicted octanol–water partition coefficient (Wildman–Crippen LogP) is 3.27. The van der Waals surface area contributed by atoms with Gasteiger partial charge in [-0.25, -0.2) is 0 Å². The maximum Gasteiger partial charge on any atom is -0.00817 e. The van der Waals surface area contributed by atoms with Crippen molar-refractivity contribution in [1.82, 2.24) is 0 Å². The van der Waals surface area contributed by atoms with Crippen molar-refractivity contribution in [2.45, 2.75) is 20.8 Å². The lowest BCUT2D eigenvalue weighted by Crippen LogP contribution is -1.93. The van der Waals surface area contributed by atoms with Crippen LogP contribution in [0.5, 0.6) is 0 Å². The molecule has 0 aliphatic heterocycles. The quantitative estimate of drug-likeness (QED) is 0.519. The van der Waals surface area contributed by atoms with Crippen molar-refractivity contribution in [3.8, 4) is 0 Å². The van der Waals surface area contributed by atoms with Crippen molar-refractivity contribution in [3.05, 3.63) is 24.3 Å². The van der Waals surface area contributed by atoms with Gasteiger partial charge in [-0.15, -0.1) is 0 Å². The Morgan fingerprint density at radius 2 is 1.42 bits per heavy atom. The summed E-state index contributed by atoms with van der Waals surface area (Å²) in [6.45, 7) is 6.93. The average molecular weight is 162 g/mol. The van der Waals surface area contributed by atoms with E-state index in [2.05, 4.69) is 45.1 Å². The van der Waals surface area contributed by atoms with E-state index in [0.717, 1.165) is 23.7 Å². The largest absolute Gasteiger partial charge is 0.0839 e. The van der Waals surface area contributed by atoms with Gasteiger partial charge in [0, 0.05) is 0 Å². The minimum atomic E-state index is 0.658. The van der Waals surface area contributed by atoms with Crippen molar-refractivity contribution < 1.29 is 0 Å². The standard InChI is InChI=1S/C12H18/c1-8(2)12-10-6-4-9(3)5-7-11(10)12/h4-12H,1-3H3/t9?,10-,11+,12?. The van der Waals surface area contributed by atoms with Crippen LogP contribution in [0.15, 0.2) is 24.3 Å². The van der Waals surface area contributed by atoms with Gasteiger partial charge in [-0.3, -0.25) is 0 Å². The first-order valence-corrected chi connectivity index (χ1v) is 5.07. The second kappa shape index (κ2) is 2.76. The van der Waals surface area contributed by atoms with E-state index >= 15 is 0 Å². The van der Waals surface area contributed by atoms with E-state index in [1.165, 1.54) is 0 Å². The molecular formula is C12H18. The second-order valence-corrected chi connectivity index (χ2v) is 4.60. The fourth-order valence-electron chi connectivity index (χ4n) is 2.46. The predicted molar refractivity (Wildman–Crippen MR) is 52.8 cm³/mol. The van der Waals surface area contributed by atoms with Crippen LogP contribution in [0.4, 0.5) is 0 Å². The van der Waals surface area contributed by atoms with Crippen LogP contribution >= 0.6 is 0 Å².